The summed E-state index contributed by atoms with van der Waals surface area (Å²) in [5.41, 5.74) is 1.18. The Balaban J connectivity index is 1.88. The Kier molecular flexibility index (Phi) is 4.83. The summed E-state index contributed by atoms with van der Waals surface area (Å²) < 4.78 is 0. The lowest BCUT2D eigenvalue weighted by Gasteiger charge is -2.20. The van der Waals surface area contributed by atoms with Crippen LogP contribution in [0.5, 0.6) is 0 Å². The molecule has 0 radical (unpaired) electrons. The molecule has 3 atom stereocenters. The van der Waals surface area contributed by atoms with Gasteiger partial charge in [0, 0.05) is 11.1 Å². The van der Waals surface area contributed by atoms with E-state index in [4.69, 9.17) is 16.7 Å². The van der Waals surface area contributed by atoms with Crippen LogP contribution in [0.4, 0.5) is 0 Å². The third kappa shape index (κ3) is 3.71. The van der Waals surface area contributed by atoms with Crippen molar-refractivity contribution in [3.05, 3.63) is 34.9 Å². The summed E-state index contributed by atoms with van der Waals surface area (Å²) in [5, 5.41) is 13.3. The lowest BCUT2D eigenvalue weighted by Crippen LogP contribution is -2.30. The molecule has 1 aliphatic rings. The lowest BCUT2D eigenvalue weighted by atomic mass is 9.95. The van der Waals surface area contributed by atoms with Crippen LogP contribution in [0.3, 0.4) is 0 Å². The Bertz CT molecular complexity index is 432. The zero-order chi connectivity index (χ0) is 13.8. The first-order chi connectivity index (χ1) is 9.08. The Morgan fingerprint density at radius 2 is 2.11 bits per heavy atom. The largest absolute Gasteiger partial charge is 0.481 e. The van der Waals surface area contributed by atoms with Crippen LogP contribution in [0.25, 0.3) is 0 Å². The van der Waals surface area contributed by atoms with Crippen molar-refractivity contribution in [1.29, 1.82) is 0 Å². The van der Waals surface area contributed by atoms with Crippen LogP contribution in [-0.4, -0.2) is 17.6 Å². The van der Waals surface area contributed by atoms with E-state index in [-0.39, 0.29) is 17.9 Å². The number of halogens is 1. The van der Waals surface area contributed by atoms with E-state index < -0.39 is 5.97 Å². The first-order valence-electron chi connectivity index (χ1n) is 6.79. The van der Waals surface area contributed by atoms with Crippen molar-refractivity contribution in [2.45, 2.75) is 32.2 Å². The maximum absolute atomic E-state index is 11.1. The molecule has 1 fully saturated rings. The van der Waals surface area contributed by atoms with E-state index in [1.807, 2.05) is 24.3 Å². The second-order valence-corrected chi connectivity index (χ2v) is 5.75. The van der Waals surface area contributed by atoms with Crippen LogP contribution in [-0.2, 0) is 4.79 Å². The van der Waals surface area contributed by atoms with Gasteiger partial charge in [0.2, 0.25) is 0 Å². The molecule has 3 unspecified atom stereocenters. The van der Waals surface area contributed by atoms with Gasteiger partial charge >= 0.3 is 5.97 Å². The zero-order valence-electron chi connectivity index (χ0n) is 11.1. The predicted molar refractivity (Wildman–Crippen MR) is 76.3 cm³/mol. The Morgan fingerprint density at radius 1 is 1.42 bits per heavy atom. The fraction of sp³-hybridized carbons (Fsp3) is 0.533. The molecule has 104 valence electrons. The van der Waals surface area contributed by atoms with Crippen molar-refractivity contribution in [3.8, 4) is 0 Å². The molecule has 0 heterocycles. The van der Waals surface area contributed by atoms with Crippen LogP contribution < -0.4 is 5.32 Å². The summed E-state index contributed by atoms with van der Waals surface area (Å²) in [4.78, 5) is 11.1. The van der Waals surface area contributed by atoms with Crippen molar-refractivity contribution in [1.82, 2.24) is 5.32 Å². The first kappa shape index (κ1) is 14.4. The number of carbonyl (C=O) groups is 1. The summed E-state index contributed by atoms with van der Waals surface area (Å²) in [7, 11) is 0. The van der Waals surface area contributed by atoms with Gasteiger partial charge in [0.15, 0.2) is 0 Å². The highest BCUT2D eigenvalue weighted by molar-refractivity contribution is 6.30. The van der Waals surface area contributed by atoms with Gasteiger partial charge in [-0.2, -0.15) is 0 Å². The minimum absolute atomic E-state index is 0.176. The second-order valence-electron chi connectivity index (χ2n) is 5.32. The highest BCUT2D eigenvalue weighted by Crippen LogP contribution is 2.31. The van der Waals surface area contributed by atoms with Crippen LogP contribution in [0, 0.1) is 11.8 Å². The van der Waals surface area contributed by atoms with E-state index >= 15 is 0 Å². The number of rotatable bonds is 5. The van der Waals surface area contributed by atoms with Crippen molar-refractivity contribution in [2.24, 2.45) is 11.8 Å². The third-order valence-electron chi connectivity index (χ3n) is 4.03. The van der Waals surface area contributed by atoms with Gasteiger partial charge in [-0.1, -0.05) is 30.2 Å². The quantitative estimate of drug-likeness (QED) is 0.868. The molecule has 0 amide bonds. The molecule has 1 aliphatic carbocycles. The average Bonchev–Trinajstić information content (AvgIpc) is 2.85. The molecule has 0 saturated heterocycles. The molecule has 3 nitrogen and oxygen atoms in total. The van der Waals surface area contributed by atoms with Gasteiger partial charge in [-0.25, -0.2) is 0 Å². The van der Waals surface area contributed by atoms with Gasteiger partial charge in [0.25, 0.3) is 0 Å². The number of hydrogen-bond donors (Lipinski definition) is 2. The SMILES string of the molecule is CC(NCC1CCCC1C(=O)O)c1ccc(Cl)cc1. The first-order valence-corrected chi connectivity index (χ1v) is 7.17. The summed E-state index contributed by atoms with van der Waals surface area (Å²) in [5.74, 6) is -0.569. The van der Waals surface area contributed by atoms with Crippen molar-refractivity contribution in [3.63, 3.8) is 0 Å². The van der Waals surface area contributed by atoms with Crippen LogP contribution in [0.2, 0.25) is 5.02 Å². The van der Waals surface area contributed by atoms with Gasteiger partial charge in [-0.05, 0) is 49.9 Å². The molecule has 1 aromatic carbocycles. The predicted octanol–water partition coefficient (Wildman–Crippen LogP) is 3.49. The molecule has 19 heavy (non-hydrogen) atoms. The Hall–Kier alpha value is -1.06. The molecule has 0 bridgehead atoms. The van der Waals surface area contributed by atoms with Gasteiger partial charge in [-0.15, -0.1) is 0 Å². The van der Waals surface area contributed by atoms with Gasteiger partial charge in [0.05, 0.1) is 5.92 Å². The van der Waals surface area contributed by atoms with Gasteiger partial charge < -0.3 is 10.4 Å². The van der Waals surface area contributed by atoms with E-state index in [9.17, 15) is 4.79 Å². The van der Waals surface area contributed by atoms with Crippen LogP contribution in [0.1, 0.15) is 37.8 Å². The highest BCUT2D eigenvalue weighted by atomic mass is 35.5. The lowest BCUT2D eigenvalue weighted by molar-refractivity contribution is -0.142. The van der Waals surface area contributed by atoms with E-state index in [0.29, 0.717) is 0 Å². The van der Waals surface area contributed by atoms with Crippen molar-refractivity contribution < 1.29 is 9.90 Å². The standard InChI is InChI=1S/C15H20ClNO2/c1-10(11-5-7-13(16)8-6-11)17-9-12-3-2-4-14(12)15(18)19/h5-8,10,12,14,17H,2-4,9H2,1H3,(H,18,19). The fourth-order valence-corrected chi connectivity index (χ4v) is 2.93. The van der Waals surface area contributed by atoms with Crippen LogP contribution in [0.15, 0.2) is 24.3 Å². The number of hydrogen-bond acceptors (Lipinski definition) is 2. The molecule has 4 heteroatoms. The molecule has 0 aliphatic heterocycles. The molecule has 0 spiro atoms. The van der Waals surface area contributed by atoms with Crippen LogP contribution >= 0.6 is 11.6 Å². The van der Waals surface area contributed by atoms with Crippen molar-refractivity contribution >= 4 is 17.6 Å². The third-order valence-corrected chi connectivity index (χ3v) is 4.28. The smallest absolute Gasteiger partial charge is 0.306 e. The maximum atomic E-state index is 11.1. The molecular formula is C15H20ClNO2. The second kappa shape index (κ2) is 6.40. The van der Waals surface area contributed by atoms with E-state index in [1.165, 1.54) is 5.56 Å². The minimum atomic E-state index is -0.650. The molecule has 2 N–H and O–H groups in total. The van der Waals surface area contributed by atoms with E-state index in [0.717, 1.165) is 30.8 Å². The summed E-state index contributed by atoms with van der Waals surface area (Å²) in [6.07, 6.45) is 2.85. The fourth-order valence-electron chi connectivity index (χ4n) is 2.80. The summed E-state index contributed by atoms with van der Waals surface area (Å²) in [6, 6.07) is 7.98. The number of aliphatic carboxylic acids is 1. The molecule has 0 aromatic heterocycles. The van der Waals surface area contributed by atoms with E-state index in [1.54, 1.807) is 0 Å². The molecule has 1 aromatic rings. The normalized spacial score (nSPS) is 24.3. The average molecular weight is 282 g/mol. The summed E-state index contributed by atoms with van der Waals surface area (Å²) >= 11 is 5.87. The Labute approximate surface area is 119 Å². The number of benzene rings is 1. The summed E-state index contributed by atoms with van der Waals surface area (Å²) in [6.45, 7) is 2.86. The van der Waals surface area contributed by atoms with Gasteiger partial charge in [0.1, 0.15) is 0 Å². The maximum Gasteiger partial charge on any atom is 0.306 e. The molecule has 1 saturated carbocycles. The van der Waals surface area contributed by atoms with Crippen molar-refractivity contribution in [2.75, 3.05) is 6.54 Å². The topological polar surface area (TPSA) is 49.3 Å². The zero-order valence-corrected chi connectivity index (χ0v) is 11.9. The molecule has 2 rings (SSSR count). The van der Waals surface area contributed by atoms with Gasteiger partial charge in [-0.3, -0.25) is 4.79 Å². The Morgan fingerprint density at radius 3 is 2.74 bits per heavy atom. The number of carboxylic acid groups (broad SMARTS) is 1. The highest BCUT2D eigenvalue weighted by Gasteiger charge is 2.32. The molecular weight excluding hydrogens is 262 g/mol. The minimum Gasteiger partial charge on any atom is -0.481 e. The number of carboxylic acids is 1. The van der Waals surface area contributed by atoms with E-state index in [2.05, 4.69) is 12.2 Å². The monoisotopic (exact) mass is 281 g/mol. The number of nitrogens with one attached hydrogen (secondary N) is 1.